The third kappa shape index (κ3) is 3.93. The molecule has 1 fully saturated rings. The van der Waals surface area contributed by atoms with E-state index in [2.05, 4.69) is 38.3 Å². The fourth-order valence-corrected chi connectivity index (χ4v) is 5.14. The summed E-state index contributed by atoms with van der Waals surface area (Å²) in [6.07, 6.45) is 4.98. The summed E-state index contributed by atoms with van der Waals surface area (Å²) in [4.78, 5) is 35.0. The van der Waals surface area contributed by atoms with E-state index in [1.807, 2.05) is 24.4 Å². The van der Waals surface area contributed by atoms with Crippen molar-refractivity contribution in [2.75, 3.05) is 24.5 Å². The van der Waals surface area contributed by atoms with E-state index in [-0.39, 0.29) is 11.6 Å². The molecule has 3 aromatic heterocycles. The van der Waals surface area contributed by atoms with Crippen LogP contribution in [0.15, 0.2) is 41.3 Å². The third-order valence-electron chi connectivity index (χ3n) is 5.76. The number of anilines is 1. The molecule has 160 valence electrons. The highest BCUT2D eigenvalue weighted by Gasteiger charge is 2.22. The lowest BCUT2D eigenvalue weighted by molar-refractivity contribution is 0.0946. The Kier molecular flexibility index (Phi) is 5.19. The van der Waals surface area contributed by atoms with Gasteiger partial charge in [0.25, 0.3) is 11.5 Å². The van der Waals surface area contributed by atoms with Crippen molar-refractivity contribution in [2.45, 2.75) is 26.2 Å². The number of nitrogens with one attached hydrogen (secondary N) is 2. The van der Waals surface area contributed by atoms with Crippen LogP contribution in [0.2, 0.25) is 0 Å². The molecule has 2 N–H and O–H groups in total. The van der Waals surface area contributed by atoms with Crippen LogP contribution in [0.4, 0.5) is 5.13 Å². The van der Waals surface area contributed by atoms with Gasteiger partial charge in [0.15, 0.2) is 0 Å². The number of benzene rings is 1. The quantitative estimate of drug-likeness (QED) is 0.502. The molecule has 0 unspecified atom stereocenters. The van der Waals surface area contributed by atoms with Crippen molar-refractivity contribution in [3.8, 4) is 0 Å². The topological polar surface area (TPSA) is 95.4 Å². The summed E-state index contributed by atoms with van der Waals surface area (Å²) in [5, 5.41) is 9.51. The molecule has 1 amide bonds. The number of aromatic amines is 1. The fraction of sp³-hybridized carbons (Fsp3) is 0.364. The van der Waals surface area contributed by atoms with Crippen LogP contribution in [0.1, 0.15) is 35.8 Å². The second-order valence-corrected chi connectivity index (χ2v) is 9.05. The molecule has 0 aliphatic carbocycles. The fourth-order valence-electron chi connectivity index (χ4n) is 4.20. The van der Waals surface area contributed by atoms with Crippen molar-refractivity contribution in [1.82, 2.24) is 24.9 Å². The van der Waals surface area contributed by atoms with Crippen LogP contribution in [0, 0.1) is 5.92 Å². The number of H-pyrrole nitrogens is 1. The highest BCUT2D eigenvalue weighted by Crippen LogP contribution is 2.27. The van der Waals surface area contributed by atoms with Gasteiger partial charge < -0.3 is 15.2 Å². The first-order valence-electron chi connectivity index (χ1n) is 10.6. The van der Waals surface area contributed by atoms with Crippen LogP contribution in [-0.2, 0) is 6.42 Å². The number of amides is 1. The van der Waals surface area contributed by atoms with Crippen LogP contribution in [0.5, 0.6) is 0 Å². The molecule has 0 spiro atoms. The number of carbonyl (C=O) groups excluding carboxylic acids is 1. The molecule has 9 heteroatoms. The van der Waals surface area contributed by atoms with Crippen LogP contribution in [0.3, 0.4) is 0 Å². The Labute approximate surface area is 182 Å². The summed E-state index contributed by atoms with van der Waals surface area (Å²) in [6, 6.07) is 9.34. The number of piperidine rings is 1. The number of fused-ring (bicyclic) bond motifs is 2. The summed E-state index contributed by atoms with van der Waals surface area (Å²) < 4.78 is 1.50. The highest BCUT2D eigenvalue weighted by atomic mass is 32.1. The second kappa shape index (κ2) is 8.14. The van der Waals surface area contributed by atoms with Gasteiger partial charge in [0.2, 0.25) is 10.1 Å². The molecule has 0 bridgehead atoms. The normalized spacial score (nSPS) is 16.8. The summed E-state index contributed by atoms with van der Waals surface area (Å²) in [5.41, 5.74) is 2.02. The second-order valence-electron chi connectivity index (χ2n) is 8.12. The highest BCUT2D eigenvalue weighted by molar-refractivity contribution is 7.20. The zero-order chi connectivity index (χ0) is 21.4. The first-order valence-corrected chi connectivity index (χ1v) is 11.4. The number of hydrogen-bond acceptors (Lipinski definition) is 6. The zero-order valence-corrected chi connectivity index (χ0v) is 18.1. The average Bonchev–Trinajstić information content (AvgIpc) is 3.37. The van der Waals surface area contributed by atoms with Gasteiger partial charge in [-0.1, -0.05) is 36.5 Å². The molecule has 1 saturated heterocycles. The van der Waals surface area contributed by atoms with Crippen molar-refractivity contribution in [3.63, 3.8) is 0 Å². The standard InChI is InChI=1S/C22H24N6O2S/c1-14-5-4-10-27(13-14)22-26-28-18(11-19(29)25-21(28)31-22)20(30)23-9-8-15-12-24-17-7-3-2-6-16(15)17/h2-3,6-7,11-12,14,24H,4-5,8-10,13H2,1H3,(H,23,30)/t14-/m1/s1. The van der Waals surface area contributed by atoms with E-state index in [1.165, 1.54) is 28.3 Å². The van der Waals surface area contributed by atoms with Gasteiger partial charge in [0, 0.05) is 42.8 Å². The molecule has 0 saturated carbocycles. The number of rotatable bonds is 5. The van der Waals surface area contributed by atoms with Gasteiger partial charge in [0.05, 0.1) is 0 Å². The lowest BCUT2D eigenvalue weighted by Crippen LogP contribution is -2.34. The van der Waals surface area contributed by atoms with E-state index in [4.69, 9.17) is 0 Å². The number of carbonyl (C=O) groups is 1. The first kappa shape index (κ1) is 19.7. The molecular weight excluding hydrogens is 412 g/mol. The van der Waals surface area contributed by atoms with Crippen molar-refractivity contribution in [2.24, 2.45) is 5.92 Å². The Balaban J connectivity index is 1.34. The number of para-hydroxylation sites is 1. The van der Waals surface area contributed by atoms with Gasteiger partial charge in [-0.25, -0.2) is 0 Å². The summed E-state index contributed by atoms with van der Waals surface area (Å²) in [6.45, 7) is 4.55. The summed E-state index contributed by atoms with van der Waals surface area (Å²) in [5.74, 6) is 0.277. The molecular formula is C22H24N6O2S. The smallest absolute Gasteiger partial charge is 0.274 e. The Morgan fingerprint density at radius 2 is 2.23 bits per heavy atom. The minimum Gasteiger partial charge on any atom is -0.361 e. The number of hydrogen-bond donors (Lipinski definition) is 2. The van der Waals surface area contributed by atoms with E-state index in [9.17, 15) is 9.59 Å². The lowest BCUT2D eigenvalue weighted by Gasteiger charge is -2.30. The number of aromatic nitrogens is 4. The largest absolute Gasteiger partial charge is 0.361 e. The molecule has 4 aromatic rings. The molecule has 4 heterocycles. The summed E-state index contributed by atoms with van der Waals surface area (Å²) >= 11 is 1.36. The van der Waals surface area contributed by atoms with Crippen molar-refractivity contribution >= 4 is 38.2 Å². The maximum Gasteiger partial charge on any atom is 0.274 e. The van der Waals surface area contributed by atoms with E-state index < -0.39 is 5.56 Å². The number of nitrogens with zero attached hydrogens (tertiary/aromatic N) is 4. The van der Waals surface area contributed by atoms with Gasteiger partial charge >= 0.3 is 0 Å². The molecule has 0 radical (unpaired) electrons. The third-order valence-corrected chi connectivity index (χ3v) is 6.73. The van der Waals surface area contributed by atoms with E-state index in [1.54, 1.807) is 0 Å². The molecule has 1 aliphatic heterocycles. The first-order chi connectivity index (χ1) is 15.1. The maximum absolute atomic E-state index is 12.9. The van der Waals surface area contributed by atoms with Crippen LogP contribution < -0.4 is 15.8 Å². The average molecular weight is 437 g/mol. The predicted molar refractivity (Wildman–Crippen MR) is 122 cm³/mol. The maximum atomic E-state index is 12.9. The van der Waals surface area contributed by atoms with E-state index in [0.29, 0.717) is 23.8 Å². The molecule has 8 nitrogen and oxygen atoms in total. The molecule has 31 heavy (non-hydrogen) atoms. The van der Waals surface area contributed by atoms with E-state index >= 15 is 0 Å². The molecule has 1 aromatic carbocycles. The lowest BCUT2D eigenvalue weighted by atomic mass is 10.0. The minimum absolute atomic E-state index is 0.224. The van der Waals surface area contributed by atoms with Crippen molar-refractivity contribution in [3.05, 3.63) is 58.1 Å². The van der Waals surface area contributed by atoms with Crippen molar-refractivity contribution < 1.29 is 4.79 Å². The summed E-state index contributed by atoms with van der Waals surface area (Å²) in [7, 11) is 0. The Bertz CT molecular complexity index is 1310. The Hall–Kier alpha value is -3.20. The van der Waals surface area contributed by atoms with Gasteiger partial charge in [-0.05, 0) is 36.8 Å². The van der Waals surface area contributed by atoms with Crippen LogP contribution >= 0.6 is 11.3 Å². The van der Waals surface area contributed by atoms with Crippen LogP contribution in [0.25, 0.3) is 15.9 Å². The molecule has 1 aliphatic rings. The molecule has 5 rings (SSSR count). The van der Waals surface area contributed by atoms with Gasteiger partial charge in [-0.3, -0.25) is 9.59 Å². The zero-order valence-electron chi connectivity index (χ0n) is 17.3. The predicted octanol–water partition coefficient (Wildman–Crippen LogP) is 2.84. The van der Waals surface area contributed by atoms with Crippen molar-refractivity contribution in [1.29, 1.82) is 0 Å². The Morgan fingerprint density at radius 1 is 1.35 bits per heavy atom. The van der Waals surface area contributed by atoms with Gasteiger partial charge in [0.1, 0.15) is 5.69 Å². The van der Waals surface area contributed by atoms with E-state index in [0.717, 1.165) is 41.1 Å². The van der Waals surface area contributed by atoms with Gasteiger partial charge in [-0.15, -0.1) is 5.10 Å². The SMILES string of the molecule is C[C@@H]1CCCN(c2nn3c(C(=O)NCCc4c[nH]c5ccccc45)cc(=O)nc3s2)C1. The minimum atomic E-state index is -0.427. The molecule has 1 atom stereocenters. The van der Waals surface area contributed by atoms with Gasteiger partial charge in [-0.2, -0.15) is 9.50 Å². The van der Waals surface area contributed by atoms with Crippen LogP contribution in [-0.4, -0.2) is 45.1 Å². The monoisotopic (exact) mass is 436 g/mol. The Morgan fingerprint density at radius 3 is 3.10 bits per heavy atom.